The minimum absolute atomic E-state index is 0.886. The first-order valence-electron chi connectivity index (χ1n) is 6.36. The maximum atomic E-state index is 5.89. The fraction of sp³-hybridized carbons (Fsp3) is 0.125. The van der Waals surface area contributed by atoms with Crippen molar-refractivity contribution in [1.82, 2.24) is 0 Å². The fourth-order valence-corrected chi connectivity index (χ4v) is 2.42. The minimum atomic E-state index is 0.886. The van der Waals surface area contributed by atoms with Gasteiger partial charge in [0.25, 0.3) is 0 Å². The number of para-hydroxylation sites is 1. The molecule has 0 saturated carbocycles. The highest BCUT2D eigenvalue weighted by Gasteiger charge is 2.09. The summed E-state index contributed by atoms with van der Waals surface area (Å²) in [7, 11) is 2.16. The Morgan fingerprint density at radius 2 is 1.83 bits per heavy atom. The van der Waals surface area contributed by atoms with E-state index >= 15 is 0 Å². The highest BCUT2D eigenvalue weighted by atomic mass is 16.5. The van der Waals surface area contributed by atoms with Crippen LogP contribution in [0.5, 0.6) is 11.5 Å². The van der Waals surface area contributed by atoms with Gasteiger partial charge in [0.05, 0.1) is 0 Å². The van der Waals surface area contributed by atoms with Gasteiger partial charge in [-0.3, -0.25) is 0 Å². The SMILES string of the molecule is Bc1cc(Oc2ccccc2)cc2c1CCC=C2. The molecule has 0 atom stereocenters. The molecule has 0 aromatic heterocycles. The second-order valence-electron chi connectivity index (χ2n) is 4.66. The molecule has 2 heteroatoms. The van der Waals surface area contributed by atoms with Crippen LogP contribution in [0.3, 0.4) is 0 Å². The van der Waals surface area contributed by atoms with Gasteiger partial charge in [-0.25, -0.2) is 0 Å². The third-order valence-corrected chi connectivity index (χ3v) is 3.32. The van der Waals surface area contributed by atoms with E-state index in [1.54, 1.807) is 0 Å². The molecule has 0 heterocycles. The second-order valence-corrected chi connectivity index (χ2v) is 4.66. The molecule has 0 spiro atoms. The maximum Gasteiger partial charge on any atom is 0.139 e. The zero-order chi connectivity index (χ0) is 12.4. The van der Waals surface area contributed by atoms with E-state index in [0.717, 1.165) is 24.3 Å². The fourth-order valence-electron chi connectivity index (χ4n) is 2.42. The maximum absolute atomic E-state index is 5.89. The lowest BCUT2D eigenvalue weighted by Crippen LogP contribution is -2.14. The van der Waals surface area contributed by atoms with Crippen LogP contribution in [-0.4, -0.2) is 7.85 Å². The molecule has 1 nitrogen and oxygen atoms in total. The number of allylic oxidation sites excluding steroid dienone is 1. The van der Waals surface area contributed by atoms with E-state index in [1.165, 1.54) is 16.6 Å². The Morgan fingerprint density at radius 3 is 2.67 bits per heavy atom. The van der Waals surface area contributed by atoms with Crippen LogP contribution in [0.2, 0.25) is 0 Å². The van der Waals surface area contributed by atoms with E-state index in [2.05, 4.69) is 32.1 Å². The van der Waals surface area contributed by atoms with E-state index in [0.29, 0.717) is 0 Å². The molecule has 0 fully saturated rings. The summed E-state index contributed by atoms with van der Waals surface area (Å²) in [5, 5.41) is 0. The van der Waals surface area contributed by atoms with Crippen molar-refractivity contribution < 1.29 is 4.74 Å². The molecule has 3 rings (SSSR count). The molecule has 1 aliphatic rings. The predicted octanol–water partition coefficient (Wildman–Crippen LogP) is 2.70. The average Bonchev–Trinajstić information content (AvgIpc) is 2.40. The van der Waals surface area contributed by atoms with Gasteiger partial charge in [-0.15, -0.1) is 0 Å². The number of hydrogen-bond acceptors (Lipinski definition) is 1. The number of hydrogen-bond donors (Lipinski definition) is 0. The van der Waals surface area contributed by atoms with E-state index in [1.807, 2.05) is 30.3 Å². The van der Waals surface area contributed by atoms with Gasteiger partial charge in [0.15, 0.2) is 0 Å². The van der Waals surface area contributed by atoms with Gasteiger partial charge in [-0.1, -0.05) is 35.8 Å². The Morgan fingerprint density at radius 1 is 1.00 bits per heavy atom. The van der Waals surface area contributed by atoms with Crippen LogP contribution < -0.4 is 10.2 Å². The summed E-state index contributed by atoms with van der Waals surface area (Å²) in [6.07, 6.45) is 6.72. The number of rotatable bonds is 2. The topological polar surface area (TPSA) is 9.23 Å². The van der Waals surface area contributed by atoms with Crippen molar-refractivity contribution in [1.29, 1.82) is 0 Å². The van der Waals surface area contributed by atoms with Crippen molar-refractivity contribution in [3.05, 3.63) is 59.7 Å². The van der Waals surface area contributed by atoms with Crippen molar-refractivity contribution in [2.75, 3.05) is 0 Å². The molecular weight excluding hydrogens is 219 g/mol. The lowest BCUT2D eigenvalue weighted by Gasteiger charge is -2.16. The van der Waals surface area contributed by atoms with Crippen LogP contribution in [0.1, 0.15) is 17.5 Å². The van der Waals surface area contributed by atoms with Crippen LogP contribution >= 0.6 is 0 Å². The van der Waals surface area contributed by atoms with Crippen molar-refractivity contribution in [3.8, 4) is 11.5 Å². The zero-order valence-electron chi connectivity index (χ0n) is 10.5. The molecule has 2 aromatic carbocycles. The van der Waals surface area contributed by atoms with E-state index in [9.17, 15) is 0 Å². The van der Waals surface area contributed by atoms with Crippen LogP contribution in [0.4, 0.5) is 0 Å². The number of fused-ring (bicyclic) bond motifs is 1. The summed E-state index contributed by atoms with van der Waals surface area (Å²) in [4.78, 5) is 0. The average molecular weight is 234 g/mol. The Kier molecular flexibility index (Phi) is 2.93. The summed E-state index contributed by atoms with van der Waals surface area (Å²) >= 11 is 0. The van der Waals surface area contributed by atoms with Gasteiger partial charge in [0.1, 0.15) is 19.3 Å². The molecule has 18 heavy (non-hydrogen) atoms. The molecule has 0 bridgehead atoms. The van der Waals surface area contributed by atoms with Gasteiger partial charge in [-0.2, -0.15) is 0 Å². The Balaban J connectivity index is 1.95. The lowest BCUT2D eigenvalue weighted by molar-refractivity contribution is 0.483. The summed E-state index contributed by atoms with van der Waals surface area (Å²) in [5.41, 5.74) is 4.08. The summed E-state index contributed by atoms with van der Waals surface area (Å²) in [6.45, 7) is 0. The normalized spacial score (nSPS) is 13.1. The van der Waals surface area contributed by atoms with E-state index in [-0.39, 0.29) is 0 Å². The summed E-state index contributed by atoms with van der Waals surface area (Å²) in [6, 6.07) is 14.2. The molecule has 0 saturated heterocycles. The van der Waals surface area contributed by atoms with Crippen molar-refractivity contribution in [2.45, 2.75) is 12.8 Å². The molecule has 0 unspecified atom stereocenters. The van der Waals surface area contributed by atoms with Crippen molar-refractivity contribution in [3.63, 3.8) is 0 Å². The lowest BCUT2D eigenvalue weighted by atomic mass is 9.83. The van der Waals surface area contributed by atoms with Crippen LogP contribution in [0.15, 0.2) is 48.5 Å². The van der Waals surface area contributed by atoms with Gasteiger partial charge < -0.3 is 4.74 Å². The molecule has 1 aliphatic carbocycles. The quantitative estimate of drug-likeness (QED) is 0.726. The Bertz CT molecular complexity index is 588. The van der Waals surface area contributed by atoms with Crippen LogP contribution in [-0.2, 0) is 6.42 Å². The van der Waals surface area contributed by atoms with Crippen LogP contribution in [0, 0.1) is 0 Å². The summed E-state index contributed by atoms with van der Waals surface area (Å²) in [5.74, 6) is 1.81. The first-order chi connectivity index (χ1) is 8.83. The third-order valence-electron chi connectivity index (χ3n) is 3.32. The molecule has 0 amide bonds. The van der Waals surface area contributed by atoms with E-state index in [4.69, 9.17) is 4.74 Å². The molecule has 88 valence electrons. The van der Waals surface area contributed by atoms with E-state index < -0.39 is 0 Å². The van der Waals surface area contributed by atoms with Gasteiger partial charge in [-0.05, 0) is 48.2 Å². The first kappa shape index (κ1) is 11.2. The molecular formula is C16H15BO. The summed E-state index contributed by atoms with van der Waals surface area (Å²) < 4.78 is 5.89. The van der Waals surface area contributed by atoms with Gasteiger partial charge in [0.2, 0.25) is 0 Å². The molecule has 0 radical (unpaired) electrons. The van der Waals surface area contributed by atoms with Gasteiger partial charge >= 0.3 is 0 Å². The van der Waals surface area contributed by atoms with Crippen LogP contribution in [0.25, 0.3) is 6.08 Å². The number of benzene rings is 2. The molecule has 0 aliphatic heterocycles. The Labute approximate surface area is 109 Å². The van der Waals surface area contributed by atoms with Crippen molar-refractivity contribution in [2.24, 2.45) is 0 Å². The first-order valence-corrected chi connectivity index (χ1v) is 6.36. The predicted molar refractivity (Wildman–Crippen MR) is 78.5 cm³/mol. The monoisotopic (exact) mass is 234 g/mol. The largest absolute Gasteiger partial charge is 0.457 e. The highest BCUT2D eigenvalue weighted by molar-refractivity contribution is 6.33. The third kappa shape index (κ3) is 2.19. The molecule has 0 N–H and O–H groups in total. The molecule has 2 aromatic rings. The standard InChI is InChI=1S/C16H15BO/c17-16-11-14(18-13-7-2-1-3-8-13)10-12-6-4-5-9-15(12)16/h1-4,6-8,10-11H,5,9,17H2. The second kappa shape index (κ2) is 4.73. The van der Waals surface area contributed by atoms with Gasteiger partial charge in [0, 0.05) is 0 Å². The smallest absolute Gasteiger partial charge is 0.139 e. The highest BCUT2D eigenvalue weighted by Crippen LogP contribution is 2.25. The number of ether oxygens (including phenoxy) is 1. The zero-order valence-corrected chi connectivity index (χ0v) is 10.5. The Hall–Kier alpha value is -1.96. The van der Waals surface area contributed by atoms with Crippen molar-refractivity contribution >= 4 is 19.4 Å². The minimum Gasteiger partial charge on any atom is -0.457 e.